The molecule has 2 fully saturated rings. The molecule has 0 spiro atoms. The molecule has 3 atom stereocenters. The van der Waals surface area contributed by atoms with Crippen molar-refractivity contribution in [2.45, 2.75) is 24.6 Å². The highest BCUT2D eigenvalue weighted by Crippen LogP contribution is 2.59. The SMILES string of the molecule is O=C1OC2CC3Cc4ccccc4N2C13c1ccccc1. The van der Waals surface area contributed by atoms with Gasteiger partial charge >= 0.3 is 5.97 Å². The van der Waals surface area contributed by atoms with Gasteiger partial charge < -0.3 is 9.64 Å². The van der Waals surface area contributed by atoms with Crippen molar-refractivity contribution in [1.82, 2.24) is 0 Å². The summed E-state index contributed by atoms with van der Waals surface area (Å²) in [7, 11) is 0. The Balaban J connectivity index is 1.80. The molecule has 0 amide bonds. The van der Waals surface area contributed by atoms with E-state index in [1.165, 1.54) is 5.56 Å². The third kappa shape index (κ3) is 1.19. The van der Waals surface area contributed by atoms with Crippen LogP contribution in [0.3, 0.4) is 0 Å². The summed E-state index contributed by atoms with van der Waals surface area (Å²) >= 11 is 0. The van der Waals surface area contributed by atoms with Crippen LogP contribution in [0.15, 0.2) is 54.6 Å². The lowest BCUT2D eigenvalue weighted by molar-refractivity contribution is -0.152. The number of benzene rings is 2. The Labute approximate surface area is 123 Å². The number of para-hydroxylation sites is 1. The van der Waals surface area contributed by atoms with E-state index in [0.29, 0.717) is 5.92 Å². The van der Waals surface area contributed by atoms with Crippen LogP contribution < -0.4 is 4.90 Å². The van der Waals surface area contributed by atoms with Crippen molar-refractivity contribution in [3.63, 3.8) is 0 Å². The van der Waals surface area contributed by atoms with Crippen LogP contribution in [0.25, 0.3) is 0 Å². The minimum atomic E-state index is -0.611. The number of carbonyl (C=O) groups is 1. The zero-order valence-corrected chi connectivity index (χ0v) is 11.5. The second kappa shape index (κ2) is 3.67. The van der Waals surface area contributed by atoms with E-state index in [0.717, 1.165) is 24.1 Å². The van der Waals surface area contributed by atoms with E-state index in [2.05, 4.69) is 35.2 Å². The Hall–Kier alpha value is -2.29. The summed E-state index contributed by atoms with van der Waals surface area (Å²) in [6, 6.07) is 18.5. The largest absolute Gasteiger partial charge is 0.439 e. The number of ether oxygens (including phenoxy) is 1. The van der Waals surface area contributed by atoms with Gasteiger partial charge in [0.1, 0.15) is 0 Å². The number of fused-ring (bicyclic) bond motifs is 1. The van der Waals surface area contributed by atoms with Crippen LogP contribution in [-0.4, -0.2) is 12.2 Å². The lowest BCUT2D eigenvalue weighted by atomic mass is 9.72. The fourth-order valence-electron chi connectivity index (χ4n) is 4.47. The Kier molecular flexibility index (Phi) is 1.99. The molecular formula is C18H15NO2. The molecule has 5 rings (SSSR count). The zero-order chi connectivity index (χ0) is 14.0. The number of nitrogens with zero attached hydrogens (tertiary/aromatic N) is 1. The first-order chi connectivity index (χ1) is 10.3. The second-order valence-electron chi connectivity index (χ2n) is 6.13. The molecule has 3 nitrogen and oxygen atoms in total. The van der Waals surface area contributed by atoms with E-state index in [4.69, 9.17) is 4.74 Å². The van der Waals surface area contributed by atoms with Crippen LogP contribution in [0.4, 0.5) is 5.69 Å². The van der Waals surface area contributed by atoms with Gasteiger partial charge in [-0.2, -0.15) is 0 Å². The van der Waals surface area contributed by atoms with Gasteiger partial charge in [-0.05, 0) is 23.6 Å². The molecule has 4 bridgehead atoms. The van der Waals surface area contributed by atoms with E-state index in [1.807, 2.05) is 24.3 Å². The maximum atomic E-state index is 12.7. The van der Waals surface area contributed by atoms with E-state index in [9.17, 15) is 4.79 Å². The summed E-state index contributed by atoms with van der Waals surface area (Å²) in [5, 5.41) is 0. The van der Waals surface area contributed by atoms with Gasteiger partial charge in [-0.3, -0.25) is 0 Å². The first kappa shape index (κ1) is 11.4. The van der Waals surface area contributed by atoms with Crippen molar-refractivity contribution >= 4 is 11.7 Å². The van der Waals surface area contributed by atoms with E-state index < -0.39 is 5.54 Å². The van der Waals surface area contributed by atoms with E-state index in [-0.39, 0.29) is 12.2 Å². The van der Waals surface area contributed by atoms with Crippen molar-refractivity contribution in [3.05, 3.63) is 65.7 Å². The Morgan fingerprint density at radius 1 is 1.05 bits per heavy atom. The highest BCUT2D eigenvalue weighted by atomic mass is 16.6. The third-order valence-corrected chi connectivity index (χ3v) is 5.23. The molecule has 21 heavy (non-hydrogen) atoms. The summed E-state index contributed by atoms with van der Waals surface area (Å²) in [6.07, 6.45) is 1.77. The van der Waals surface area contributed by atoms with Crippen LogP contribution in [0, 0.1) is 5.92 Å². The van der Waals surface area contributed by atoms with Gasteiger partial charge in [-0.25, -0.2) is 4.79 Å². The molecule has 3 aliphatic rings. The molecule has 0 N–H and O–H groups in total. The van der Waals surface area contributed by atoms with Gasteiger partial charge in [-0.1, -0.05) is 48.5 Å². The Morgan fingerprint density at radius 2 is 1.81 bits per heavy atom. The highest BCUT2D eigenvalue weighted by Gasteiger charge is 2.68. The maximum Gasteiger partial charge on any atom is 0.339 e. The molecule has 0 aliphatic carbocycles. The molecule has 2 saturated heterocycles. The summed E-state index contributed by atoms with van der Waals surface area (Å²) in [6.45, 7) is 0. The van der Waals surface area contributed by atoms with Crippen LogP contribution in [-0.2, 0) is 21.5 Å². The van der Waals surface area contributed by atoms with Crippen molar-refractivity contribution in [3.8, 4) is 0 Å². The second-order valence-corrected chi connectivity index (χ2v) is 6.13. The maximum absolute atomic E-state index is 12.7. The minimum Gasteiger partial charge on any atom is -0.439 e. The number of esters is 1. The Bertz CT molecular complexity index is 742. The summed E-state index contributed by atoms with van der Waals surface area (Å²) in [5.74, 6) is 0.227. The average Bonchev–Trinajstić information content (AvgIpc) is 2.93. The molecule has 0 aromatic heterocycles. The Morgan fingerprint density at radius 3 is 2.67 bits per heavy atom. The minimum absolute atomic E-state index is 0.0792. The molecule has 3 unspecified atom stereocenters. The number of hydrogen-bond donors (Lipinski definition) is 0. The van der Waals surface area contributed by atoms with Crippen molar-refractivity contribution in [2.24, 2.45) is 5.92 Å². The molecule has 0 saturated carbocycles. The highest BCUT2D eigenvalue weighted by molar-refractivity contribution is 5.93. The molecule has 2 aromatic rings. The van der Waals surface area contributed by atoms with Gasteiger partial charge in [0.2, 0.25) is 0 Å². The molecule has 3 aliphatic heterocycles. The monoisotopic (exact) mass is 277 g/mol. The molecule has 0 radical (unpaired) electrons. The predicted octanol–water partition coefficient (Wildman–Crippen LogP) is 2.85. The summed E-state index contributed by atoms with van der Waals surface area (Å²) < 4.78 is 5.68. The van der Waals surface area contributed by atoms with E-state index in [1.54, 1.807) is 0 Å². The average molecular weight is 277 g/mol. The van der Waals surface area contributed by atoms with E-state index >= 15 is 0 Å². The summed E-state index contributed by atoms with van der Waals surface area (Å²) in [5.41, 5.74) is 2.94. The van der Waals surface area contributed by atoms with Crippen LogP contribution in [0.1, 0.15) is 17.5 Å². The molecule has 3 heteroatoms. The number of hydrogen-bond acceptors (Lipinski definition) is 3. The third-order valence-electron chi connectivity index (χ3n) is 5.23. The standard InChI is InChI=1S/C18H15NO2/c20-17-18(13-7-2-1-3-8-13)14-10-12-6-4-5-9-15(12)19(18)16(11-14)21-17/h1-9,14,16H,10-11H2. The first-order valence-corrected chi connectivity index (χ1v) is 7.45. The lowest BCUT2D eigenvalue weighted by Gasteiger charge is -2.41. The normalized spacial score (nSPS) is 32.0. The van der Waals surface area contributed by atoms with Gasteiger partial charge in [0.15, 0.2) is 11.8 Å². The van der Waals surface area contributed by atoms with Gasteiger partial charge in [0.25, 0.3) is 0 Å². The summed E-state index contributed by atoms with van der Waals surface area (Å²) in [4.78, 5) is 14.9. The molecular weight excluding hydrogens is 262 g/mol. The number of carbonyl (C=O) groups excluding carboxylic acids is 1. The fourth-order valence-corrected chi connectivity index (χ4v) is 4.47. The van der Waals surface area contributed by atoms with Crippen molar-refractivity contribution in [1.29, 1.82) is 0 Å². The number of anilines is 1. The van der Waals surface area contributed by atoms with Crippen molar-refractivity contribution < 1.29 is 9.53 Å². The number of rotatable bonds is 1. The quantitative estimate of drug-likeness (QED) is 0.751. The lowest BCUT2D eigenvalue weighted by Crippen LogP contribution is -2.51. The smallest absolute Gasteiger partial charge is 0.339 e. The van der Waals surface area contributed by atoms with Gasteiger partial charge in [0, 0.05) is 18.0 Å². The van der Waals surface area contributed by atoms with Crippen LogP contribution >= 0.6 is 0 Å². The zero-order valence-electron chi connectivity index (χ0n) is 11.5. The molecule has 2 aromatic carbocycles. The van der Waals surface area contributed by atoms with Crippen molar-refractivity contribution in [2.75, 3.05) is 4.90 Å². The van der Waals surface area contributed by atoms with Gasteiger partial charge in [-0.15, -0.1) is 0 Å². The first-order valence-electron chi connectivity index (χ1n) is 7.45. The fraction of sp³-hybridized carbons (Fsp3) is 0.278. The topological polar surface area (TPSA) is 29.5 Å². The predicted molar refractivity (Wildman–Crippen MR) is 78.7 cm³/mol. The molecule has 104 valence electrons. The van der Waals surface area contributed by atoms with Gasteiger partial charge in [0.05, 0.1) is 0 Å². The molecule has 3 heterocycles. The van der Waals surface area contributed by atoms with Crippen LogP contribution in [0.5, 0.6) is 0 Å². The van der Waals surface area contributed by atoms with Crippen LogP contribution in [0.2, 0.25) is 0 Å².